The second-order valence-corrected chi connectivity index (χ2v) is 9.48. The number of fused-ring (bicyclic) bond motifs is 1. The van der Waals surface area contributed by atoms with Crippen LogP contribution in [0.2, 0.25) is 0 Å². The van der Waals surface area contributed by atoms with E-state index in [-0.39, 0.29) is 23.5 Å². The third kappa shape index (κ3) is 3.73. The fourth-order valence-corrected chi connectivity index (χ4v) is 4.12. The molecular formula is C21H27F3N4O. The highest BCUT2D eigenvalue weighted by Gasteiger charge is 2.44. The number of alkyl halides is 3. The summed E-state index contributed by atoms with van der Waals surface area (Å²) in [7, 11) is 0. The Morgan fingerprint density at radius 2 is 1.86 bits per heavy atom. The molecule has 1 saturated carbocycles. The lowest BCUT2D eigenvalue weighted by Crippen LogP contribution is -2.39. The molecule has 2 fully saturated rings. The van der Waals surface area contributed by atoms with Crippen molar-refractivity contribution in [1.82, 2.24) is 19.5 Å². The van der Waals surface area contributed by atoms with Crippen molar-refractivity contribution in [3.8, 4) is 0 Å². The maximum atomic E-state index is 13.7. The van der Waals surface area contributed by atoms with Crippen LogP contribution in [-0.2, 0) is 16.4 Å². The molecule has 2 aromatic rings. The molecule has 2 aromatic heterocycles. The van der Waals surface area contributed by atoms with Gasteiger partial charge in [-0.2, -0.15) is 18.3 Å². The first kappa shape index (κ1) is 20.2. The Kier molecular flexibility index (Phi) is 4.66. The number of amides is 1. The predicted octanol–water partition coefficient (Wildman–Crippen LogP) is 4.76. The van der Waals surface area contributed by atoms with Crippen LogP contribution in [0, 0.1) is 11.8 Å². The lowest BCUT2D eigenvalue weighted by Gasteiger charge is -2.35. The van der Waals surface area contributed by atoms with Crippen molar-refractivity contribution < 1.29 is 18.0 Å². The van der Waals surface area contributed by atoms with E-state index < -0.39 is 17.3 Å². The monoisotopic (exact) mass is 408 g/mol. The third-order valence-electron chi connectivity index (χ3n) is 6.06. The Bertz CT molecular complexity index is 944. The minimum Gasteiger partial charge on any atom is -0.334 e. The summed E-state index contributed by atoms with van der Waals surface area (Å²) < 4.78 is 42.1. The average Bonchev–Trinajstić information content (AvgIpc) is 3.20. The molecule has 1 amide bonds. The number of rotatable bonds is 2. The number of piperidine rings is 1. The molecule has 158 valence electrons. The van der Waals surface area contributed by atoms with Crippen molar-refractivity contribution in [2.45, 2.75) is 71.0 Å². The number of hydrogen-bond donors (Lipinski definition) is 0. The molecule has 5 nitrogen and oxygen atoms in total. The van der Waals surface area contributed by atoms with E-state index in [1.165, 1.54) is 0 Å². The van der Waals surface area contributed by atoms with Crippen LogP contribution in [0.15, 0.2) is 12.1 Å². The zero-order valence-electron chi connectivity index (χ0n) is 17.3. The number of nitrogens with zero attached hydrogens (tertiary/aromatic N) is 4. The lowest BCUT2D eigenvalue weighted by molar-refractivity contribution is -0.143. The summed E-state index contributed by atoms with van der Waals surface area (Å²) in [5.74, 6) is 0.543. The summed E-state index contributed by atoms with van der Waals surface area (Å²) in [5.41, 5.74) is -0.315. The lowest BCUT2D eigenvalue weighted by atomic mass is 9.91. The molecule has 3 heterocycles. The van der Waals surface area contributed by atoms with Gasteiger partial charge in [0.15, 0.2) is 5.65 Å². The molecule has 8 heteroatoms. The van der Waals surface area contributed by atoms with Crippen molar-refractivity contribution in [3.05, 3.63) is 29.2 Å². The van der Waals surface area contributed by atoms with Gasteiger partial charge in [-0.25, -0.2) is 9.50 Å². The molecule has 4 rings (SSSR count). The smallest absolute Gasteiger partial charge is 0.334 e. The standard InChI is InChI=1S/C21H27F3N4O/c1-12-9-13(12)19(29)27-8-6-5-7-15(27)14-10-18-25-16(20(2,3)4)11-17(21(22,23)24)28(18)26-14/h10-13,15H,5-9H2,1-4H3/t12-,13+,15+/m0/s1. The van der Waals surface area contributed by atoms with Gasteiger partial charge in [0.1, 0.15) is 5.69 Å². The first-order valence-electron chi connectivity index (χ1n) is 10.3. The highest BCUT2D eigenvalue weighted by Crippen LogP contribution is 2.42. The Morgan fingerprint density at radius 1 is 1.17 bits per heavy atom. The average molecular weight is 408 g/mol. The quantitative estimate of drug-likeness (QED) is 0.720. The molecule has 3 atom stereocenters. The Morgan fingerprint density at radius 3 is 2.45 bits per heavy atom. The second-order valence-electron chi connectivity index (χ2n) is 9.48. The molecular weight excluding hydrogens is 381 g/mol. The van der Waals surface area contributed by atoms with E-state index in [0.29, 0.717) is 30.3 Å². The molecule has 0 aromatic carbocycles. The van der Waals surface area contributed by atoms with Gasteiger partial charge in [0.05, 0.1) is 17.4 Å². The van der Waals surface area contributed by atoms with E-state index in [9.17, 15) is 18.0 Å². The maximum absolute atomic E-state index is 13.7. The van der Waals surface area contributed by atoms with Crippen LogP contribution in [-0.4, -0.2) is 31.9 Å². The van der Waals surface area contributed by atoms with E-state index in [1.54, 1.807) is 6.07 Å². The summed E-state index contributed by atoms with van der Waals surface area (Å²) in [6.45, 7) is 8.19. The summed E-state index contributed by atoms with van der Waals surface area (Å²) in [6, 6.07) is 2.42. The third-order valence-corrected chi connectivity index (χ3v) is 6.06. The van der Waals surface area contributed by atoms with E-state index in [2.05, 4.69) is 17.0 Å². The molecule has 1 aliphatic heterocycles. The van der Waals surface area contributed by atoms with E-state index in [0.717, 1.165) is 29.8 Å². The highest BCUT2D eigenvalue weighted by atomic mass is 19.4. The van der Waals surface area contributed by atoms with E-state index >= 15 is 0 Å². The molecule has 1 aliphatic carbocycles. The number of likely N-dealkylation sites (tertiary alicyclic amines) is 1. The molecule has 0 bridgehead atoms. The molecule has 0 radical (unpaired) electrons. The summed E-state index contributed by atoms with van der Waals surface area (Å²) >= 11 is 0. The van der Waals surface area contributed by atoms with Crippen molar-refractivity contribution >= 4 is 11.6 Å². The fraction of sp³-hybridized carbons (Fsp3) is 0.667. The van der Waals surface area contributed by atoms with Gasteiger partial charge in [0.2, 0.25) is 5.91 Å². The van der Waals surface area contributed by atoms with Crippen LogP contribution < -0.4 is 0 Å². The van der Waals surface area contributed by atoms with Gasteiger partial charge in [-0.05, 0) is 37.7 Å². The van der Waals surface area contributed by atoms with Crippen LogP contribution in [0.3, 0.4) is 0 Å². The highest BCUT2D eigenvalue weighted by molar-refractivity contribution is 5.82. The predicted molar refractivity (Wildman–Crippen MR) is 102 cm³/mol. The molecule has 0 N–H and O–H groups in total. The second kappa shape index (κ2) is 6.71. The maximum Gasteiger partial charge on any atom is 0.433 e. The van der Waals surface area contributed by atoms with Gasteiger partial charge in [0.25, 0.3) is 0 Å². The van der Waals surface area contributed by atoms with Gasteiger partial charge in [-0.15, -0.1) is 0 Å². The topological polar surface area (TPSA) is 50.5 Å². The number of carbonyl (C=O) groups excluding carboxylic acids is 1. The summed E-state index contributed by atoms with van der Waals surface area (Å²) in [4.78, 5) is 19.2. The van der Waals surface area contributed by atoms with Crippen LogP contribution in [0.5, 0.6) is 0 Å². The molecule has 1 saturated heterocycles. The number of halogens is 3. The normalized spacial score (nSPS) is 25.5. The van der Waals surface area contributed by atoms with Crippen LogP contribution in [0.4, 0.5) is 13.2 Å². The number of hydrogen-bond acceptors (Lipinski definition) is 3. The molecule has 0 spiro atoms. The van der Waals surface area contributed by atoms with Crippen molar-refractivity contribution in [2.24, 2.45) is 11.8 Å². The van der Waals surface area contributed by atoms with E-state index in [4.69, 9.17) is 0 Å². The van der Waals surface area contributed by atoms with Crippen LogP contribution in [0.1, 0.15) is 76.5 Å². The van der Waals surface area contributed by atoms with E-state index in [1.807, 2.05) is 25.7 Å². The minimum absolute atomic E-state index is 0.0454. The Hall–Kier alpha value is -2.12. The first-order valence-corrected chi connectivity index (χ1v) is 10.3. The van der Waals surface area contributed by atoms with Crippen molar-refractivity contribution in [3.63, 3.8) is 0 Å². The molecule has 2 aliphatic rings. The SMILES string of the molecule is C[C@H]1C[C@H]1C(=O)N1CCCC[C@@H]1c1cc2nc(C(C)(C)C)cc(C(F)(F)F)n2n1. The zero-order chi connectivity index (χ0) is 21.1. The summed E-state index contributed by atoms with van der Waals surface area (Å²) in [5, 5.41) is 4.30. The number of aromatic nitrogens is 3. The van der Waals surface area contributed by atoms with Gasteiger partial charge in [-0.1, -0.05) is 27.7 Å². The number of carbonyl (C=O) groups is 1. The van der Waals surface area contributed by atoms with Gasteiger partial charge in [-0.3, -0.25) is 4.79 Å². The Balaban J connectivity index is 1.78. The molecule has 0 unspecified atom stereocenters. The van der Waals surface area contributed by atoms with Gasteiger partial charge in [0, 0.05) is 23.9 Å². The largest absolute Gasteiger partial charge is 0.433 e. The zero-order valence-corrected chi connectivity index (χ0v) is 17.3. The van der Waals surface area contributed by atoms with Gasteiger partial charge < -0.3 is 4.90 Å². The Labute approximate surface area is 168 Å². The minimum atomic E-state index is -4.55. The van der Waals surface area contributed by atoms with Crippen molar-refractivity contribution in [1.29, 1.82) is 0 Å². The molecule has 29 heavy (non-hydrogen) atoms. The first-order chi connectivity index (χ1) is 13.5. The van der Waals surface area contributed by atoms with Gasteiger partial charge >= 0.3 is 6.18 Å². The van der Waals surface area contributed by atoms with Crippen molar-refractivity contribution in [2.75, 3.05) is 6.54 Å². The summed E-state index contributed by atoms with van der Waals surface area (Å²) in [6.07, 6.45) is -1.10. The fourth-order valence-electron chi connectivity index (χ4n) is 4.12. The van der Waals surface area contributed by atoms with Crippen LogP contribution >= 0.6 is 0 Å². The van der Waals surface area contributed by atoms with Crippen LogP contribution in [0.25, 0.3) is 5.65 Å².